The van der Waals surface area contributed by atoms with Crippen LogP contribution < -0.4 is 28.4 Å². The third-order valence-corrected chi connectivity index (χ3v) is 9.96. The molecule has 6 rings (SSSR count). The molecule has 2 aromatic carbocycles. The predicted molar refractivity (Wildman–Crippen MR) is 172 cm³/mol. The summed E-state index contributed by atoms with van der Waals surface area (Å²) in [5.41, 5.74) is 1.39. The molecule has 4 heterocycles. The fourth-order valence-electron chi connectivity index (χ4n) is 7.10. The van der Waals surface area contributed by atoms with Crippen molar-refractivity contribution >= 4 is 0 Å². The smallest absolute Gasteiger partial charge is 0.231 e. The molecule has 7 N–H and O–H groups in total. The molecule has 4 aliphatic rings. The summed E-state index contributed by atoms with van der Waals surface area (Å²) in [7, 11) is 6.98. The van der Waals surface area contributed by atoms with E-state index >= 15 is 0 Å². The Balaban J connectivity index is 1.22. The van der Waals surface area contributed by atoms with Crippen molar-refractivity contribution in [3.63, 3.8) is 0 Å². The molecule has 52 heavy (non-hydrogen) atoms. The number of rotatable bonds is 12. The van der Waals surface area contributed by atoms with Crippen LogP contribution in [0.15, 0.2) is 24.3 Å². The summed E-state index contributed by atoms with van der Waals surface area (Å²) in [5.74, 6) is 0.791. The van der Waals surface area contributed by atoms with E-state index in [1.165, 1.54) is 35.5 Å². The first-order chi connectivity index (χ1) is 25.0. The van der Waals surface area contributed by atoms with Gasteiger partial charge >= 0.3 is 0 Å². The molecule has 14 atom stereocenters. The van der Waals surface area contributed by atoms with Gasteiger partial charge in [-0.05, 0) is 35.4 Å². The van der Waals surface area contributed by atoms with Crippen molar-refractivity contribution in [2.45, 2.75) is 73.8 Å². The van der Waals surface area contributed by atoms with E-state index in [2.05, 4.69) is 0 Å². The van der Waals surface area contributed by atoms with Crippen LogP contribution in [0.4, 0.5) is 0 Å². The average Bonchev–Trinajstić information content (AvgIpc) is 3.78. The second-order valence-corrected chi connectivity index (χ2v) is 12.9. The fraction of sp³-hybridized carbons (Fsp3) is 0.647. The maximum Gasteiger partial charge on any atom is 0.231 e. The van der Waals surface area contributed by atoms with Crippen molar-refractivity contribution in [1.82, 2.24) is 0 Å². The number of hydrogen-bond donors (Lipinski definition) is 7. The van der Waals surface area contributed by atoms with Gasteiger partial charge in [-0.3, -0.25) is 0 Å². The molecule has 0 saturated carbocycles. The summed E-state index contributed by atoms with van der Waals surface area (Å²) >= 11 is 0. The highest BCUT2D eigenvalue weighted by Crippen LogP contribution is 2.54. The van der Waals surface area contributed by atoms with E-state index in [9.17, 15) is 35.7 Å². The van der Waals surface area contributed by atoms with Crippen LogP contribution >= 0.6 is 0 Å². The van der Waals surface area contributed by atoms with E-state index in [4.69, 9.17) is 52.1 Å². The summed E-state index contributed by atoms with van der Waals surface area (Å²) in [6, 6.07) is 6.83. The van der Waals surface area contributed by atoms with Gasteiger partial charge in [0.05, 0.1) is 60.5 Å². The molecular formula is C34H46O18. The normalized spacial score (nSPS) is 37.3. The minimum absolute atomic E-state index is 0.0595. The Labute approximate surface area is 298 Å². The largest absolute Gasteiger partial charge is 0.493 e. The lowest BCUT2D eigenvalue weighted by Crippen LogP contribution is -2.60. The topological polar surface area (TPSA) is 243 Å². The first-order valence-corrected chi connectivity index (χ1v) is 16.6. The van der Waals surface area contributed by atoms with Crippen LogP contribution in [0.3, 0.4) is 0 Å². The van der Waals surface area contributed by atoms with Gasteiger partial charge in [0, 0.05) is 18.9 Å². The molecular weight excluding hydrogens is 696 g/mol. The summed E-state index contributed by atoms with van der Waals surface area (Å²) < 4.78 is 63.2. The molecule has 18 nitrogen and oxygen atoms in total. The van der Waals surface area contributed by atoms with Crippen molar-refractivity contribution in [2.75, 3.05) is 55.4 Å². The lowest BCUT2D eigenvalue weighted by molar-refractivity contribution is -0.327. The summed E-state index contributed by atoms with van der Waals surface area (Å²) in [4.78, 5) is 0. The zero-order valence-corrected chi connectivity index (χ0v) is 29.1. The number of aliphatic hydroxyl groups excluding tert-OH is 7. The van der Waals surface area contributed by atoms with Crippen molar-refractivity contribution in [2.24, 2.45) is 11.8 Å². The lowest BCUT2D eigenvalue weighted by Gasteiger charge is -2.39. The zero-order valence-electron chi connectivity index (χ0n) is 29.1. The van der Waals surface area contributed by atoms with E-state index in [1.807, 2.05) is 0 Å². The highest BCUT2D eigenvalue weighted by molar-refractivity contribution is 5.56. The third-order valence-electron chi connectivity index (χ3n) is 9.96. The summed E-state index contributed by atoms with van der Waals surface area (Å²) in [6.07, 6.45) is -15.8. The zero-order chi connectivity index (χ0) is 37.4. The molecule has 0 bridgehead atoms. The van der Waals surface area contributed by atoms with Crippen molar-refractivity contribution in [3.05, 3.63) is 35.4 Å². The van der Waals surface area contributed by atoms with Crippen molar-refractivity contribution in [3.8, 4) is 34.5 Å². The molecule has 0 radical (unpaired) electrons. The van der Waals surface area contributed by atoms with Gasteiger partial charge in [0.1, 0.15) is 42.7 Å². The molecule has 0 amide bonds. The van der Waals surface area contributed by atoms with Crippen LogP contribution in [0.25, 0.3) is 0 Å². The van der Waals surface area contributed by atoms with Crippen LogP contribution in [0.5, 0.6) is 34.5 Å². The molecule has 4 fully saturated rings. The Morgan fingerprint density at radius 2 is 0.923 bits per heavy atom. The van der Waals surface area contributed by atoms with Crippen molar-refractivity contribution in [1.29, 1.82) is 0 Å². The monoisotopic (exact) mass is 742 g/mol. The van der Waals surface area contributed by atoms with Gasteiger partial charge in [0.2, 0.25) is 24.1 Å². The Bertz CT molecular complexity index is 1360. The molecule has 0 aromatic heterocycles. The standard InChI is InChI=1S/C34H46O18/c1-42-17-6-13(7-18(43-2)30(17)50-33-26(40)23(37)22(36)21(10-35)49-33)28-15-11-48-29(16(15)12-47-28)14-8-19(44-3)31(20(9-14)45-4)51-34-27(41)24(38)25(39)32(46-5)52-34/h6-9,15-16,21-29,32-41H,10-12H2,1-5H3/t15-,16-,21+,22+,23-,24-,25-,26+,27+,28+,29+,32-,33-,34+/m0/s1. The molecule has 4 saturated heterocycles. The van der Waals surface area contributed by atoms with Crippen LogP contribution in [-0.2, 0) is 23.7 Å². The van der Waals surface area contributed by atoms with Gasteiger partial charge in [-0.1, -0.05) is 0 Å². The number of methoxy groups -OCH3 is 5. The summed E-state index contributed by atoms with van der Waals surface area (Å²) in [5, 5.41) is 71.6. The van der Waals surface area contributed by atoms with E-state index in [0.717, 1.165) is 0 Å². The number of hydrogen-bond acceptors (Lipinski definition) is 18. The molecule has 4 aliphatic heterocycles. The van der Waals surface area contributed by atoms with Gasteiger partial charge in [0.25, 0.3) is 0 Å². The predicted octanol–water partition coefficient (Wildman–Crippen LogP) is -1.23. The molecule has 290 valence electrons. The van der Waals surface area contributed by atoms with Crippen molar-refractivity contribution < 1.29 is 87.9 Å². The maximum atomic E-state index is 10.6. The SMILES string of the molecule is COc1cc([C@H]2OC[C@H]3[C@@H]2CO[C@@H]3c2cc(OC)c(O[C@@H]3O[C@H](OC)[C@@H](O)[C@H](O)[C@H]3O)c(OC)c2)cc(OC)c1O[C@@H]1O[C@H](CO)[C@@H](O)[C@H](O)[C@H]1O. The van der Waals surface area contributed by atoms with E-state index in [0.29, 0.717) is 24.3 Å². The Kier molecular flexibility index (Phi) is 11.8. The molecule has 0 unspecified atom stereocenters. The van der Waals surface area contributed by atoms with Gasteiger partial charge in [-0.25, -0.2) is 0 Å². The minimum atomic E-state index is -1.65. The average molecular weight is 743 g/mol. The Hall–Kier alpha value is -3.24. The second kappa shape index (κ2) is 16.0. The van der Waals surface area contributed by atoms with Gasteiger partial charge in [-0.2, -0.15) is 0 Å². The number of fused-ring (bicyclic) bond motifs is 1. The number of ether oxygens (including phenoxy) is 11. The van der Waals surface area contributed by atoms with E-state index in [1.54, 1.807) is 24.3 Å². The van der Waals surface area contributed by atoms with Crippen LogP contribution in [0.1, 0.15) is 23.3 Å². The number of benzene rings is 2. The Morgan fingerprint density at radius 3 is 1.31 bits per heavy atom. The first kappa shape index (κ1) is 38.5. The maximum absolute atomic E-state index is 10.6. The van der Waals surface area contributed by atoms with E-state index in [-0.39, 0.29) is 46.3 Å². The molecule has 2 aromatic rings. The summed E-state index contributed by atoms with van der Waals surface area (Å²) in [6.45, 7) is 0.0421. The molecule has 0 spiro atoms. The highest BCUT2D eigenvalue weighted by Gasteiger charge is 2.50. The number of aliphatic hydroxyl groups is 7. The third kappa shape index (κ3) is 6.94. The first-order valence-electron chi connectivity index (χ1n) is 16.6. The highest BCUT2D eigenvalue weighted by atomic mass is 16.8. The minimum Gasteiger partial charge on any atom is -0.493 e. The quantitative estimate of drug-likeness (QED) is 0.135. The molecule has 18 heteroatoms. The van der Waals surface area contributed by atoms with Crippen LogP contribution in [-0.4, -0.2) is 153 Å². The van der Waals surface area contributed by atoms with Crippen LogP contribution in [0.2, 0.25) is 0 Å². The van der Waals surface area contributed by atoms with Gasteiger partial charge < -0.3 is 87.9 Å². The van der Waals surface area contributed by atoms with Crippen LogP contribution in [0, 0.1) is 11.8 Å². The fourth-order valence-corrected chi connectivity index (χ4v) is 7.10. The molecule has 0 aliphatic carbocycles. The second-order valence-electron chi connectivity index (χ2n) is 12.9. The van der Waals surface area contributed by atoms with Gasteiger partial charge in [-0.15, -0.1) is 0 Å². The van der Waals surface area contributed by atoms with Gasteiger partial charge in [0.15, 0.2) is 29.3 Å². The van der Waals surface area contributed by atoms with E-state index < -0.39 is 80.4 Å². The Morgan fingerprint density at radius 1 is 0.538 bits per heavy atom. The lowest BCUT2D eigenvalue weighted by atomic mass is 9.84.